The van der Waals surface area contributed by atoms with Gasteiger partial charge in [0.25, 0.3) is 5.91 Å². The maximum Gasteiger partial charge on any atom is 0.305 e. The maximum absolute atomic E-state index is 12.7. The second-order valence-electron chi connectivity index (χ2n) is 10.8. The van der Waals surface area contributed by atoms with Crippen LogP contribution in [0.3, 0.4) is 0 Å². The topological polar surface area (TPSA) is 86.0 Å². The first-order chi connectivity index (χ1) is 18.9. The summed E-state index contributed by atoms with van der Waals surface area (Å²) < 4.78 is 6.57. The van der Waals surface area contributed by atoms with Crippen molar-refractivity contribution in [3.05, 3.63) is 59.4 Å². The van der Waals surface area contributed by atoms with Crippen LogP contribution in [0.2, 0.25) is 0 Å². The number of thioether (sulfide) groups is 1. The average molecular weight is 550 g/mol. The summed E-state index contributed by atoms with van der Waals surface area (Å²) in [7, 11) is 1.64. The van der Waals surface area contributed by atoms with Crippen LogP contribution in [-0.2, 0) is 4.79 Å². The average Bonchev–Trinajstić information content (AvgIpc) is 3.30. The first-order valence-corrected chi connectivity index (χ1v) is 15.3. The van der Waals surface area contributed by atoms with Crippen molar-refractivity contribution in [2.24, 2.45) is 5.92 Å². The lowest BCUT2D eigenvalue weighted by molar-refractivity contribution is -0.137. The summed E-state index contributed by atoms with van der Waals surface area (Å²) in [6.45, 7) is 4.53. The number of hydrogen-bond donors (Lipinski definition) is 2. The number of nitrogens with zero attached hydrogens (tertiary/aromatic N) is 2. The lowest BCUT2D eigenvalue weighted by atomic mass is 9.82. The van der Waals surface area contributed by atoms with Crippen LogP contribution in [0.1, 0.15) is 66.2 Å². The molecule has 1 aromatic heterocycles. The molecule has 1 aliphatic carbocycles. The van der Waals surface area contributed by atoms with E-state index in [-0.39, 0.29) is 24.9 Å². The van der Waals surface area contributed by atoms with Gasteiger partial charge in [-0.1, -0.05) is 19.3 Å². The lowest BCUT2D eigenvalue weighted by Gasteiger charge is -2.31. The number of nitrogens with one attached hydrogen (secondary N) is 1. The number of carbonyl (C=O) groups is 2. The highest BCUT2D eigenvalue weighted by Crippen LogP contribution is 2.41. The molecule has 1 atom stereocenters. The summed E-state index contributed by atoms with van der Waals surface area (Å²) >= 11 is 2.02. The first-order valence-electron chi connectivity index (χ1n) is 14.1. The van der Waals surface area contributed by atoms with Crippen LogP contribution < -0.4 is 10.2 Å². The predicted molar refractivity (Wildman–Crippen MR) is 159 cm³/mol. The Kier molecular flexibility index (Phi) is 8.70. The molecular weight excluding hydrogens is 510 g/mol. The summed E-state index contributed by atoms with van der Waals surface area (Å²) in [5.41, 5.74) is 4.90. The number of aryl methyl sites for hydroxylation is 1. The Morgan fingerprint density at radius 1 is 1.10 bits per heavy atom. The van der Waals surface area contributed by atoms with Crippen molar-refractivity contribution in [3.63, 3.8) is 0 Å². The fourth-order valence-electron chi connectivity index (χ4n) is 5.88. The van der Waals surface area contributed by atoms with E-state index in [1.807, 2.05) is 36.0 Å². The van der Waals surface area contributed by atoms with Crippen LogP contribution in [-0.4, -0.2) is 60.1 Å². The molecule has 208 valence electrons. The Morgan fingerprint density at radius 2 is 1.82 bits per heavy atom. The smallest absolute Gasteiger partial charge is 0.305 e. The van der Waals surface area contributed by atoms with Gasteiger partial charge in [0.2, 0.25) is 0 Å². The highest BCUT2D eigenvalue weighted by molar-refractivity contribution is 7.99. The number of carboxylic acid groups (broad SMARTS) is 1. The van der Waals surface area contributed by atoms with Gasteiger partial charge < -0.3 is 24.6 Å². The van der Waals surface area contributed by atoms with Gasteiger partial charge in [-0.25, -0.2) is 0 Å². The Morgan fingerprint density at radius 3 is 2.51 bits per heavy atom. The van der Waals surface area contributed by atoms with E-state index >= 15 is 0 Å². The molecule has 1 saturated carbocycles. The number of hydrogen-bond acceptors (Lipinski definition) is 6. The molecule has 2 fully saturated rings. The third-order valence-electron chi connectivity index (χ3n) is 8.20. The Hall–Kier alpha value is -3.13. The minimum atomic E-state index is -0.911. The molecule has 5 rings (SSSR count). The van der Waals surface area contributed by atoms with Gasteiger partial charge in [-0.05, 0) is 68.1 Å². The van der Waals surface area contributed by atoms with E-state index < -0.39 is 5.97 Å². The molecule has 0 bridgehead atoms. The highest BCUT2D eigenvalue weighted by atomic mass is 32.2. The van der Waals surface area contributed by atoms with Gasteiger partial charge in [0.1, 0.15) is 11.3 Å². The molecule has 7 nitrogen and oxygen atoms in total. The van der Waals surface area contributed by atoms with Gasteiger partial charge in [-0.2, -0.15) is 11.8 Å². The van der Waals surface area contributed by atoms with Gasteiger partial charge in [0.15, 0.2) is 0 Å². The SMILES string of the molecule is Cc1c(C(Nc2ccc(C(=O)N(C)CCC(=O)O)cc2)C2CCCCC2)oc2ccc(N3CCSCC3)cc12. The van der Waals surface area contributed by atoms with Crippen molar-refractivity contribution in [3.8, 4) is 0 Å². The molecular formula is C31H39N3O4S. The molecule has 1 amide bonds. The summed E-state index contributed by atoms with van der Waals surface area (Å²) in [6.07, 6.45) is 6.00. The van der Waals surface area contributed by atoms with Gasteiger partial charge >= 0.3 is 5.97 Å². The number of carboxylic acids is 1. The molecule has 0 spiro atoms. The molecule has 2 heterocycles. The second kappa shape index (κ2) is 12.4. The van der Waals surface area contributed by atoms with Crippen molar-refractivity contribution >= 4 is 46.0 Å². The number of aliphatic carboxylic acids is 1. The predicted octanol–water partition coefficient (Wildman–Crippen LogP) is 6.57. The van der Waals surface area contributed by atoms with Crippen molar-refractivity contribution in [2.75, 3.05) is 48.4 Å². The molecule has 2 N–H and O–H groups in total. The van der Waals surface area contributed by atoms with Crippen LogP contribution in [0.15, 0.2) is 46.9 Å². The molecule has 3 aromatic rings. The monoisotopic (exact) mass is 549 g/mol. The van der Waals surface area contributed by atoms with E-state index in [1.54, 1.807) is 7.05 Å². The number of anilines is 2. The zero-order valence-corrected chi connectivity index (χ0v) is 23.8. The number of benzene rings is 2. The van der Waals surface area contributed by atoms with Crippen LogP contribution >= 0.6 is 11.8 Å². The van der Waals surface area contributed by atoms with Crippen molar-refractivity contribution in [2.45, 2.75) is 51.5 Å². The maximum atomic E-state index is 12.7. The molecule has 0 radical (unpaired) electrons. The zero-order valence-electron chi connectivity index (χ0n) is 22.9. The van der Waals surface area contributed by atoms with Crippen molar-refractivity contribution < 1.29 is 19.1 Å². The Labute approximate surface area is 234 Å². The van der Waals surface area contributed by atoms with Crippen molar-refractivity contribution in [1.82, 2.24) is 4.90 Å². The van der Waals surface area contributed by atoms with E-state index in [0.29, 0.717) is 11.5 Å². The van der Waals surface area contributed by atoms with Gasteiger partial charge in [-0.3, -0.25) is 9.59 Å². The third-order valence-corrected chi connectivity index (χ3v) is 9.14. The van der Waals surface area contributed by atoms with Crippen LogP contribution in [0.25, 0.3) is 11.0 Å². The molecule has 1 saturated heterocycles. The minimum Gasteiger partial charge on any atom is -0.481 e. The Bertz CT molecular complexity index is 1290. The number of fused-ring (bicyclic) bond motifs is 1. The van der Waals surface area contributed by atoms with Gasteiger partial charge in [0.05, 0.1) is 12.5 Å². The minimum absolute atomic E-state index is 0.0485. The van der Waals surface area contributed by atoms with Crippen LogP contribution in [0.4, 0.5) is 11.4 Å². The van der Waals surface area contributed by atoms with E-state index in [1.165, 1.54) is 52.3 Å². The largest absolute Gasteiger partial charge is 0.481 e. The summed E-state index contributed by atoms with van der Waals surface area (Å²) in [6, 6.07) is 14.2. The molecule has 39 heavy (non-hydrogen) atoms. The van der Waals surface area contributed by atoms with E-state index in [9.17, 15) is 9.59 Å². The molecule has 2 aromatic carbocycles. The quantitative estimate of drug-likeness (QED) is 0.312. The van der Waals surface area contributed by atoms with Crippen LogP contribution in [0.5, 0.6) is 0 Å². The van der Waals surface area contributed by atoms with E-state index in [0.717, 1.165) is 43.0 Å². The molecule has 8 heteroatoms. The standard InChI is InChI=1S/C31H39N3O4S/c1-21-26-20-25(34-16-18-39-19-17-34)12-13-27(26)38-30(21)29(22-6-4-3-5-7-22)32-24-10-8-23(9-11-24)31(37)33(2)15-14-28(35)36/h8-13,20,22,29,32H,3-7,14-19H2,1-2H3,(H,35,36). The first kappa shape index (κ1) is 27.4. The third kappa shape index (κ3) is 6.38. The number of carbonyl (C=O) groups excluding carboxylic acids is 1. The fraction of sp³-hybridized carbons (Fsp3) is 0.484. The normalized spacial score (nSPS) is 17.2. The van der Waals surface area contributed by atoms with Gasteiger partial charge in [-0.15, -0.1) is 0 Å². The molecule has 1 aliphatic heterocycles. The zero-order chi connectivity index (χ0) is 27.4. The summed E-state index contributed by atoms with van der Waals surface area (Å²) in [4.78, 5) is 27.5. The number of amides is 1. The summed E-state index contributed by atoms with van der Waals surface area (Å²) in [5, 5.41) is 13.9. The summed E-state index contributed by atoms with van der Waals surface area (Å²) in [5.74, 6) is 2.74. The van der Waals surface area contributed by atoms with Gasteiger partial charge in [0, 0.05) is 66.1 Å². The lowest BCUT2D eigenvalue weighted by Crippen LogP contribution is -2.32. The number of furan rings is 1. The van der Waals surface area contributed by atoms with Crippen molar-refractivity contribution in [1.29, 1.82) is 0 Å². The van der Waals surface area contributed by atoms with Crippen LogP contribution in [0, 0.1) is 12.8 Å². The second-order valence-corrected chi connectivity index (χ2v) is 12.1. The van der Waals surface area contributed by atoms with E-state index in [4.69, 9.17) is 9.52 Å². The molecule has 2 aliphatic rings. The fourth-order valence-corrected chi connectivity index (χ4v) is 6.78. The Balaban J connectivity index is 1.39. The number of rotatable bonds is 9. The van der Waals surface area contributed by atoms with E-state index in [2.05, 4.69) is 35.3 Å². The highest BCUT2D eigenvalue weighted by Gasteiger charge is 2.30. The molecule has 1 unspecified atom stereocenters.